The van der Waals surface area contributed by atoms with Gasteiger partial charge in [-0.05, 0) is 54.4 Å². The van der Waals surface area contributed by atoms with Crippen molar-refractivity contribution >= 4 is 16.8 Å². The SMILES string of the molecule is O=C(NCCc1c[nH]c2ccccc12)c1ccc(-c2ccc(F)cc2)o1. The molecule has 4 aromatic rings. The lowest BCUT2D eigenvalue weighted by molar-refractivity contribution is 0.0927. The van der Waals surface area contributed by atoms with Crippen LogP contribution in [0.25, 0.3) is 22.2 Å². The van der Waals surface area contributed by atoms with Gasteiger partial charge in [0.1, 0.15) is 11.6 Å². The molecule has 0 spiro atoms. The molecule has 5 heteroatoms. The van der Waals surface area contributed by atoms with Gasteiger partial charge in [-0.1, -0.05) is 18.2 Å². The van der Waals surface area contributed by atoms with Crippen LogP contribution in [0, 0.1) is 5.82 Å². The Bertz CT molecular complexity index is 1050. The van der Waals surface area contributed by atoms with E-state index in [1.54, 1.807) is 24.3 Å². The first kappa shape index (κ1) is 16.1. The van der Waals surface area contributed by atoms with E-state index in [0.29, 0.717) is 12.3 Å². The fraction of sp³-hybridized carbons (Fsp3) is 0.0952. The number of benzene rings is 2. The molecule has 2 heterocycles. The quantitative estimate of drug-likeness (QED) is 0.556. The van der Waals surface area contributed by atoms with E-state index in [2.05, 4.69) is 16.4 Å². The van der Waals surface area contributed by atoms with E-state index in [4.69, 9.17) is 4.42 Å². The van der Waals surface area contributed by atoms with E-state index in [-0.39, 0.29) is 17.5 Å². The van der Waals surface area contributed by atoms with Crippen molar-refractivity contribution in [3.8, 4) is 11.3 Å². The Morgan fingerprint density at radius 3 is 2.69 bits per heavy atom. The molecule has 2 aromatic heterocycles. The normalized spacial score (nSPS) is 11.0. The third-order valence-corrected chi connectivity index (χ3v) is 4.31. The average Bonchev–Trinajstić information content (AvgIpc) is 3.30. The fourth-order valence-electron chi connectivity index (χ4n) is 2.97. The van der Waals surface area contributed by atoms with E-state index in [0.717, 1.165) is 23.1 Å². The molecule has 4 nitrogen and oxygen atoms in total. The maximum atomic E-state index is 13.0. The lowest BCUT2D eigenvalue weighted by Crippen LogP contribution is -2.25. The Balaban J connectivity index is 1.39. The van der Waals surface area contributed by atoms with Crippen molar-refractivity contribution in [1.29, 1.82) is 0 Å². The lowest BCUT2D eigenvalue weighted by Gasteiger charge is -2.03. The van der Waals surface area contributed by atoms with Gasteiger partial charge in [-0.3, -0.25) is 4.79 Å². The van der Waals surface area contributed by atoms with Gasteiger partial charge in [0.2, 0.25) is 0 Å². The molecule has 4 rings (SSSR count). The molecule has 26 heavy (non-hydrogen) atoms. The van der Waals surface area contributed by atoms with Crippen LogP contribution in [0.1, 0.15) is 16.1 Å². The smallest absolute Gasteiger partial charge is 0.287 e. The standard InChI is InChI=1S/C21H17FN2O2/c22-16-7-5-14(6-8-16)19-9-10-20(26-19)21(25)23-12-11-15-13-24-18-4-2-1-3-17(15)18/h1-10,13,24H,11-12H2,(H,23,25). The molecule has 0 atom stereocenters. The van der Waals surface area contributed by atoms with Crippen LogP contribution < -0.4 is 5.32 Å². The minimum atomic E-state index is -0.310. The number of carbonyl (C=O) groups excluding carboxylic acids is 1. The van der Waals surface area contributed by atoms with Gasteiger partial charge in [-0.25, -0.2) is 4.39 Å². The van der Waals surface area contributed by atoms with Crippen LogP contribution >= 0.6 is 0 Å². The molecule has 0 saturated heterocycles. The van der Waals surface area contributed by atoms with Crippen LogP contribution in [0.3, 0.4) is 0 Å². The number of aromatic amines is 1. The predicted octanol–water partition coefficient (Wildman–Crippen LogP) is 4.54. The highest BCUT2D eigenvalue weighted by atomic mass is 19.1. The summed E-state index contributed by atoms with van der Waals surface area (Å²) in [7, 11) is 0. The first-order valence-corrected chi connectivity index (χ1v) is 8.40. The minimum absolute atomic E-state index is 0.239. The summed E-state index contributed by atoms with van der Waals surface area (Å²) >= 11 is 0. The van der Waals surface area contributed by atoms with Gasteiger partial charge in [-0.15, -0.1) is 0 Å². The summed E-state index contributed by atoms with van der Waals surface area (Å²) < 4.78 is 18.6. The van der Waals surface area contributed by atoms with Gasteiger partial charge >= 0.3 is 0 Å². The van der Waals surface area contributed by atoms with Crippen LogP contribution in [-0.2, 0) is 6.42 Å². The number of aromatic nitrogens is 1. The van der Waals surface area contributed by atoms with Crippen molar-refractivity contribution in [3.05, 3.63) is 84.0 Å². The fourth-order valence-corrected chi connectivity index (χ4v) is 2.97. The molecule has 2 N–H and O–H groups in total. The molecule has 0 fully saturated rings. The molecule has 0 bridgehead atoms. The number of furan rings is 1. The number of para-hydroxylation sites is 1. The third kappa shape index (κ3) is 3.24. The molecule has 0 aliphatic carbocycles. The summed E-state index contributed by atoms with van der Waals surface area (Å²) in [6.07, 6.45) is 2.69. The van der Waals surface area contributed by atoms with Crippen molar-refractivity contribution < 1.29 is 13.6 Å². The van der Waals surface area contributed by atoms with E-state index in [1.807, 2.05) is 24.4 Å². The molecule has 0 aliphatic heterocycles. The Hall–Kier alpha value is -3.34. The summed E-state index contributed by atoms with van der Waals surface area (Å²) in [5.74, 6) is 0.198. The zero-order valence-corrected chi connectivity index (χ0v) is 14.0. The van der Waals surface area contributed by atoms with Gasteiger partial charge in [0, 0.05) is 29.2 Å². The third-order valence-electron chi connectivity index (χ3n) is 4.31. The first-order chi connectivity index (χ1) is 12.7. The zero-order valence-electron chi connectivity index (χ0n) is 14.0. The van der Waals surface area contributed by atoms with E-state index in [9.17, 15) is 9.18 Å². The number of amides is 1. The van der Waals surface area contributed by atoms with Crippen molar-refractivity contribution in [2.24, 2.45) is 0 Å². The van der Waals surface area contributed by atoms with Gasteiger partial charge < -0.3 is 14.7 Å². The molecule has 1 amide bonds. The number of H-pyrrole nitrogens is 1. The summed E-state index contributed by atoms with van der Waals surface area (Å²) in [5.41, 5.74) is 2.97. The average molecular weight is 348 g/mol. The number of rotatable bonds is 5. The molecule has 130 valence electrons. The summed E-state index contributed by atoms with van der Waals surface area (Å²) in [5, 5.41) is 4.03. The van der Waals surface area contributed by atoms with E-state index in [1.165, 1.54) is 17.5 Å². The number of carbonyl (C=O) groups is 1. The maximum Gasteiger partial charge on any atom is 0.287 e. The monoisotopic (exact) mass is 348 g/mol. The lowest BCUT2D eigenvalue weighted by atomic mass is 10.1. The van der Waals surface area contributed by atoms with Gasteiger partial charge in [-0.2, -0.15) is 0 Å². The number of nitrogens with one attached hydrogen (secondary N) is 2. The Kier molecular flexibility index (Phi) is 4.27. The van der Waals surface area contributed by atoms with Crippen molar-refractivity contribution in [2.75, 3.05) is 6.54 Å². The largest absolute Gasteiger partial charge is 0.451 e. The highest BCUT2D eigenvalue weighted by Gasteiger charge is 2.12. The molecule has 0 aliphatic rings. The number of hydrogen-bond acceptors (Lipinski definition) is 2. The molecule has 2 aromatic carbocycles. The second kappa shape index (κ2) is 6.88. The Morgan fingerprint density at radius 1 is 1.04 bits per heavy atom. The summed E-state index contributed by atoms with van der Waals surface area (Å²) in [6, 6.07) is 17.4. The summed E-state index contributed by atoms with van der Waals surface area (Å²) in [6.45, 7) is 0.507. The Morgan fingerprint density at radius 2 is 1.85 bits per heavy atom. The predicted molar refractivity (Wildman–Crippen MR) is 98.4 cm³/mol. The van der Waals surface area contributed by atoms with Gasteiger partial charge in [0.05, 0.1) is 0 Å². The van der Waals surface area contributed by atoms with Crippen LogP contribution in [-0.4, -0.2) is 17.4 Å². The number of hydrogen-bond donors (Lipinski definition) is 2. The van der Waals surface area contributed by atoms with Crippen LogP contribution in [0.15, 0.2) is 71.3 Å². The van der Waals surface area contributed by atoms with Crippen molar-refractivity contribution in [2.45, 2.75) is 6.42 Å². The van der Waals surface area contributed by atoms with Crippen LogP contribution in [0.4, 0.5) is 4.39 Å². The zero-order chi connectivity index (χ0) is 17.9. The van der Waals surface area contributed by atoms with E-state index < -0.39 is 0 Å². The molecular formula is C21H17FN2O2. The van der Waals surface area contributed by atoms with Gasteiger partial charge in [0.15, 0.2) is 5.76 Å². The minimum Gasteiger partial charge on any atom is -0.451 e. The highest BCUT2D eigenvalue weighted by molar-refractivity contribution is 5.92. The van der Waals surface area contributed by atoms with E-state index >= 15 is 0 Å². The number of halogens is 1. The number of fused-ring (bicyclic) bond motifs is 1. The van der Waals surface area contributed by atoms with Crippen LogP contribution in [0.5, 0.6) is 0 Å². The molecular weight excluding hydrogens is 331 g/mol. The first-order valence-electron chi connectivity index (χ1n) is 8.40. The van der Waals surface area contributed by atoms with Gasteiger partial charge in [0.25, 0.3) is 5.91 Å². The summed E-state index contributed by atoms with van der Waals surface area (Å²) in [4.78, 5) is 15.5. The van der Waals surface area contributed by atoms with Crippen LogP contribution in [0.2, 0.25) is 0 Å². The van der Waals surface area contributed by atoms with Crippen molar-refractivity contribution in [1.82, 2.24) is 10.3 Å². The maximum absolute atomic E-state index is 13.0. The second-order valence-corrected chi connectivity index (χ2v) is 6.04. The Labute approximate surface area is 149 Å². The molecule has 0 unspecified atom stereocenters. The topological polar surface area (TPSA) is 58.0 Å². The highest BCUT2D eigenvalue weighted by Crippen LogP contribution is 2.22. The van der Waals surface area contributed by atoms with Crippen molar-refractivity contribution in [3.63, 3.8) is 0 Å². The molecule has 0 saturated carbocycles. The molecule has 0 radical (unpaired) electrons. The second-order valence-electron chi connectivity index (χ2n) is 6.04.